The molecule has 0 spiro atoms. The van der Waals surface area contributed by atoms with E-state index in [0.29, 0.717) is 31.2 Å². The molecule has 5 heteroatoms. The molecule has 3 rings (SSSR count). The Hall–Kier alpha value is -0.910. The average Bonchev–Trinajstić information content (AvgIpc) is 3.08. The summed E-state index contributed by atoms with van der Waals surface area (Å²) in [7, 11) is 4.01. The molecule has 116 valence electrons. The van der Waals surface area contributed by atoms with Gasteiger partial charge in [-0.1, -0.05) is 0 Å². The van der Waals surface area contributed by atoms with E-state index in [1.807, 2.05) is 11.9 Å². The summed E-state index contributed by atoms with van der Waals surface area (Å²) in [5.74, 6) is 0.217. The third-order valence-electron chi connectivity index (χ3n) is 4.88. The molecular formula is C16H25N3OS. The Kier molecular flexibility index (Phi) is 4.62. The lowest BCUT2D eigenvalue weighted by Crippen LogP contribution is -2.49. The van der Waals surface area contributed by atoms with E-state index in [0.717, 1.165) is 0 Å². The van der Waals surface area contributed by atoms with E-state index in [9.17, 15) is 4.79 Å². The molecule has 2 bridgehead atoms. The van der Waals surface area contributed by atoms with E-state index < -0.39 is 0 Å². The van der Waals surface area contributed by atoms with Gasteiger partial charge in [0.15, 0.2) is 0 Å². The molecule has 2 saturated heterocycles. The van der Waals surface area contributed by atoms with Crippen LogP contribution in [0.25, 0.3) is 0 Å². The first-order valence-corrected chi connectivity index (χ1v) is 8.77. The smallest absolute Gasteiger partial charge is 0.236 e. The zero-order valence-electron chi connectivity index (χ0n) is 12.9. The van der Waals surface area contributed by atoms with E-state index in [1.54, 1.807) is 11.3 Å². The van der Waals surface area contributed by atoms with Crippen LogP contribution >= 0.6 is 11.3 Å². The summed E-state index contributed by atoms with van der Waals surface area (Å²) >= 11 is 1.68. The second kappa shape index (κ2) is 6.46. The predicted octanol–water partition coefficient (Wildman–Crippen LogP) is 1.92. The van der Waals surface area contributed by atoms with Crippen LogP contribution < -0.4 is 5.32 Å². The number of likely N-dealkylation sites (N-methyl/N-ethyl adjacent to an activating group) is 2. The summed E-state index contributed by atoms with van der Waals surface area (Å²) in [6.45, 7) is 1.25. The number of fused-ring (bicyclic) bond motifs is 2. The van der Waals surface area contributed by atoms with Crippen LogP contribution in [0, 0.1) is 0 Å². The van der Waals surface area contributed by atoms with Gasteiger partial charge in [-0.2, -0.15) is 11.3 Å². The summed E-state index contributed by atoms with van der Waals surface area (Å²) in [6, 6.07) is 4.00. The minimum Gasteiger partial charge on any atom is -0.340 e. The summed E-state index contributed by atoms with van der Waals surface area (Å²) in [5.41, 5.74) is 1.22. The number of nitrogens with zero attached hydrogens (tertiary/aromatic N) is 2. The lowest BCUT2D eigenvalue weighted by Gasteiger charge is -2.35. The van der Waals surface area contributed by atoms with Crippen molar-refractivity contribution in [2.24, 2.45) is 0 Å². The van der Waals surface area contributed by atoms with Crippen LogP contribution in [0.15, 0.2) is 16.8 Å². The number of rotatable bonds is 5. The third-order valence-corrected chi connectivity index (χ3v) is 5.61. The number of piperidine rings is 1. The Morgan fingerprint density at radius 2 is 2.05 bits per heavy atom. The maximum atomic E-state index is 12.4. The summed E-state index contributed by atoms with van der Waals surface area (Å²) in [6.07, 6.45) is 4.99. The molecule has 1 aromatic rings. The second-order valence-corrected chi connectivity index (χ2v) is 7.34. The number of nitrogens with one attached hydrogen (secondary N) is 1. The predicted molar refractivity (Wildman–Crippen MR) is 86.4 cm³/mol. The highest BCUT2D eigenvalue weighted by atomic mass is 32.1. The third kappa shape index (κ3) is 3.65. The van der Waals surface area contributed by atoms with Crippen LogP contribution in [0.2, 0.25) is 0 Å². The van der Waals surface area contributed by atoms with Crippen molar-refractivity contribution in [3.05, 3.63) is 22.4 Å². The summed E-state index contributed by atoms with van der Waals surface area (Å²) in [5, 5.41) is 7.83. The van der Waals surface area contributed by atoms with Gasteiger partial charge in [0.05, 0.1) is 6.54 Å². The van der Waals surface area contributed by atoms with Gasteiger partial charge in [-0.15, -0.1) is 0 Å². The molecule has 1 amide bonds. The van der Waals surface area contributed by atoms with Gasteiger partial charge in [0.25, 0.3) is 0 Å². The summed E-state index contributed by atoms with van der Waals surface area (Å²) < 4.78 is 0. The molecule has 0 aliphatic carbocycles. The Balaban J connectivity index is 1.49. The first kappa shape index (κ1) is 15.0. The first-order chi connectivity index (χ1) is 10.1. The topological polar surface area (TPSA) is 35.6 Å². The van der Waals surface area contributed by atoms with Gasteiger partial charge in [-0.25, -0.2) is 0 Å². The number of carbonyl (C=O) groups excluding carboxylic acids is 1. The number of amides is 1. The van der Waals surface area contributed by atoms with Crippen LogP contribution in [0.3, 0.4) is 0 Å². The largest absolute Gasteiger partial charge is 0.340 e. The minimum absolute atomic E-state index is 0.217. The second-order valence-electron chi connectivity index (χ2n) is 6.56. The van der Waals surface area contributed by atoms with Crippen molar-refractivity contribution >= 4 is 17.2 Å². The Morgan fingerprint density at radius 3 is 2.67 bits per heavy atom. The van der Waals surface area contributed by atoms with Gasteiger partial charge < -0.3 is 10.2 Å². The van der Waals surface area contributed by atoms with Crippen molar-refractivity contribution in [2.45, 2.75) is 50.4 Å². The highest BCUT2D eigenvalue weighted by Gasteiger charge is 2.35. The van der Waals surface area contributed by atoms with Crippen LogP contribution in [0.4, 0.5) is 0 Å². The molecule has 2 unspecified atom stereocenters. The number of thiophene rings is 1. The molecule has 21 heavy (non-hydrogen) atoms. The quantitative estimate of drug-likeness (QED) is 0.903. The normalized spacial score (nSPS) is 28.0. The molecule has 2 aliphatic heterocycles. The molecule has 0 radical (unpaired) electrons. The van der Waals surface area contributed by atoms with Crippen molar-refractivity contribution < 1.29 is 4.79 Å². The molecule has 1 aromatic heterocycles. The molecule has 3 heterocycles. The van der Waals surface area contributed by atoms with E-state index in [-0.39, 0.29) is 5.91 Å². The molecule has 2 aliphatic rings. The standard InChI is InChI=1S/C16H25N3OS/c1-18(15-7-13-3-4-14(8-15)17-13)10-16(20)19(2)9-12-5-6-21-11-12/h5-6,11,13-15,17H,3-4,7-10H2,1-2H3. The van der Waals surface area contributed by atoms with E-state index in [2.05, 4.69) is 34.1 Å². The monoisotopic (exact) mass is 307 g/mol. The fourth-order valence-corrected chi connectivity index (χ4v) is 4.25. The Bertz CT molecular complexity index is 464. The van der Waals surface area contributed by atoms with Crippen LogP contribution in [-0.2, 0) is 11.3 Å². The highest BCUT2D eigenvalue weighted by Crippen LogP contribution is 2.29. The maximum Gasteiger partial charge on any atom is 0.236 e. The van der Waals surface area contributed by atoms with Crippen molar-refractivity contribution in [2.75, 3.05) is 20.6 Å². The molecular weight excluding hydrogens is 282 g/mol. The zero-order valence-corrected chi connectivity index (χ0v) is 13.7. The average molecular weight is 307 g/mol. The SMILES string of the molecule is CN(Cc1ccsc1)C(=O)CN(C)C1CC2CCC(C1)N2. The molecule has 0 aromatic carbocycles. The zero-order chi connectivity index (χ0) is 14.8. The molecule has 2 atom stereocenters. The minimum atomic E-state index is 0.217. The summed E-state index contributed by atoms with van der Waals surface area (Å²) in [4.78, 5) is 16.5. The Morgan fingerprint density at radius 1 is 1.33 bits per heavy atom. The van der Waals surface area contributed by atoms with Crippen LogP contribution in [0.5, 0.6) is 0 Å². The Labute approximate surface area is 131 Å². The fourth-order valence-electron chi connectivity index (χ4n) is 3.59. The highest BCUT2D eigenvalue weighted by molar-refractivity contribution is 7.07. The van der Waals surface area contributed by atoms with Gasteiger partial charge in [-0.3, -0.25) is 9.69 Å². The van der Waals surface area contributed by atoms with Crippen LogP contribution in [0.1, 0.15) is 31.2 Å². The van der Waals surface area contributed by atoms with E-state index in [4.69, 9.17) is 0 Å². The lowest BCUT2D eigenvalue weighted by atomic mass is 9.98. The lowest BCUT2D eigenvalue weighted by molar-refractivity contribution is -0.132. The molecule has 1 N–H and O–H groups in total. The van der Waals surface area contributed by atoms with Gasteiger partial charge in [0, 0.05) is 31.7 Å². The molecule has 4 nitrogen and oxygen atoms in total. The molecule has 0 saturated carbocycles. The number of hydrogen-bond donors (Lipinski definition) is 1. The van der Waals surface area contributed by atoms with Crippen molar-refractivity contribution in [1.29, 1.82) is 0 Å². The van der Waals surface area contributed by atoms with Gasteiger partial charge in [-0.05, 0) is 55.1 Å². The number of hydrogen-bond acceptors (Lipinski definition) is 4. The van der Waals surface area contributed by atoms with Crippen molar-refractivity contribution in [3.63, 3.8) is 0 Å². The van der Waals surface area contributed by atoms with Gasteiger partial charge in [0.2, 0.25) is 5.91 Å². The van der Waals surface area contributed by atoms with Gasteiger partial charge in [0.1, 0.15) is 0 Å². The van der Waals surface area contributed by atoms with Crippen molar-refractivity contribution in [1.82, 2.24) is 15.1 Å². The van der Waals surface area contributed by atoms with Gasteiger partial charge >= 0.3 is 0 Å². The first-order valence-electron chi connectivity index (χ1n) is 7.83. The number of carbonyl (C=O) groups is 1. The van der Waals surface area contributed by atoms with Crippen molar-refractivity contribution in [3.8, 4) is 0 Å². The van der Waals surface area contributed by atoms with Crippen LogP contribution in [-0.4, -0.2) is 54.5 Å². The maximum absolute atomic E-state index is 12.4. The van der Waals surface area contributed by atoms with E-state index >= 15 is 0 Å². The fraction of sp³-hybridized carbons (Fsp3) is 0.688. The van der Waals surface area contributed by atoms with E-state index in [1.165, 1.54) is 31.2 Å². The molecule has 2 fully saturated rings.